The lowest BCUT2D eigenvalue weighted by Gasteiger charge is -2.15. The summed E-state index contributed by atoms with van der Waals surface area (Å²) in [5, 5.41) is 4.95. The SMILES string of the molecule is C[C@@H](Cc1c[nH]c2ccccc12)NCc1ccc(N(C)C)cc1. The molecule has 0 saturated heterocycles. The monoisotopic (exact) mass is 307 g/mol. The number of nitrogens with one attached hydrogen (secondary N) is 2. The standard InChI is InChI=1S/C20H25N3/c1-15(12-17-14-22-20-7-5-4-6-19(17)20)21-13-16-8-10-18(11-9-16)23(2)3/h4-11,14-15,21-22H,12-13H2,1-3H3/t15-/m0/s1. The third-order valence-electron chi connectivity index (χ3n) is 4.31. The van der Waals surface area contributed by atoms with Gasteiger partial charge in [0.25, 0.3) is 0 Å². The van der Waals surface area contributed by atoms with Crippen LogP contribution >= 0.6 is 0 Å². The van der Waals surface area contributed by atoms with Gasteiger partial charge in [0, 0.05) is 49.5 Å². The van der Waals surface area contributed by atoms with E-state index >= 15 is 0 Å². The van der Waals surface area contributed by atoms with Gasteiger partial charge in [-0.3, -0.25) is 0 Å². The van der Waals surface area contributed by atoms with Gasteiger partial charge in [-0.15, -0.1) is 0 Å². The molecule has 0 radical (unpaired) electrons. The van der Waals surface area contributed by atoms with Crippen LogP contribution in [0.15, 0.2) is 54.7 Å². The third-order valence-corrected chi connectivity index (χ3v) is 4.31. The van der Waals surface area contributed by atoms with E-state index < -0.39 is 0 Å². The fourth-order valence-electron chi connectivity index (χ4n) is 2.91. The number of para-hydroxylation sites is 1. The Hall–Kier alpha value is -2.26. The molecule has 0 unspecified atom stereocenters. The highest BCUT2D eigenvalue weighted by atomic mass is 15.1. The van der Waals surface area contributed by atoms with Crippen LogP contribution in [0, 0.1) is 0 Å². The van der Waals surface area contributed by atoms with Crippen molar-refractivity contribution in [3.63, 3.8) is 0 Å². The lowest BCUT2D eigenvalue weighted by molar-refractivity contribution is 0.547. The molecule has 0 saturated carbocycles. The van der Waals surface area contributed by atoms with Crippen molar-refractivity contribution < 1.29 is 0 Å². The van der Waals surface area contributed by atoms with Crippen LogP contribution in [0.5, 0.6) is 0 Å². The van der Waals surface area contributed by atoms with E-state index in [1.54, 1.807) is 0 Å². The Morgan fingerprint density at radius 3 is 2.52 bits per heavy atom. The molecule has 2 aromatic carbocycles. The van der Waals surface area contributed by atoms with Gasteiger partial charge in [-0.1, -0.05) is 30.3 Å². The highest BCUT2D eigenvalue weighted by molar-refractivity contribution is 5.83. The van der Waals surface area contributed by atoms with Gasteiger partial charge in [0.1, 0.15) is 0 Å². The van der Waals surface area contributed by atoms with Gasteiger partial charge in [-0.25, -0.2) is 0 Å². The summed E-state index contributed by atoms with van der Waals surface area (Å²) in [7, 11) is 4.13. The van der Waals surface area contributed by atoms with Crippen molar-refractivity contribution >= 4 is 16.6 Å². The summed E-state index contributed by atoms with van der Waals surface area (Å²) in [6, 6.07) is 17.6. The number of nitrogens with zero attached hydrogens (tertiary/aromatic N) is 1. The number of anilines is 1. The maximum absolute atomic E-state index is 3.62. The van der Waals surface area contributed by atoms with Crippen molar-refractivity contribution in [2.45, 2.75) is 25.9 Å². The van der Waals surface area contributed by atoms with Gasteiger partial charge in [-0.05, 0) is 42.7 Å². The van der Waals surface area contributed by atoms with Crippen LogP contribution in [-0.2, 0) is 13.0 Å². The first-order chi connectivity index (χ1) is 11.1. The van der Waals surface area contributed by atoms with Crippen molar-refractivity contribution in [2.24, 2.45) is 0 Å². The molecule has 1 heterocycles. The molecule has 0 fully saturated rings. The van der Waals surface area contributed by atoms with Crippen LogP contribution in [0.4, 0.5) is 5.69 Å². The van der Waals surface area contributed by atoms with E-state index in [2.05, 4.69) is 90.9 Å². The van der Waals surface area contributed by atoms with Crippen molar-refractivity contribution in [2.75, 3.05) is 19.0 Å². The zero-order valence-corrected chi connectivity index (χ0v) is 14.1. The third kappa shape index (κ3) is 3.74. The number of rotatable bonds is 6. The maximum Gasteiger partial charge on any atom is 0.0456 e. The predicted molar refractivity (Wildman–Crippen MR) is 99.1 cm³/mol. The van der Waals surface area contributed by atoms with Crippen LogP contribution in [0.3, 0.4) is 0 Å². The maximum atomic E-state index is 3.62. The minimum absolute atomic E-state index is 0.433. The van der Waals surface area contributed by atoms with Gasteiger partial charge in [0.15, 0.2) is 0 Å². The lowest BCUT2D eigenvalue weighted by atomic mass is 10.1. The van der Waals surface area contributed by atoms with E-state index in [0.29, 0.717) is 6.04 Å². The quantitative estimate of drug-likeness (QED) is 0.722. The average molecular weight is 307 g/mol. The minimum atomic E-state index is 0.433. The molecule has 3 aromatic rings. The summed E-state index contributed by atoms with van der Waals surface area (Å²) in [6.07, 6.45) is 3.16. The van der Waals surface area contributed by atoms with E-state index in [9.17, 15) is 0 Å². The Bertz CT molecular complexity index is 756. The molecular weight excluding hydrogens is 282 g/mol. The van der Waals surface area contributed by atoms with Gasteiger partial charge >= 0.3 is 0 Å². The second-order valence-corrected chi connectivity index (χ2v) is 6.41. The molecular formula is C20H25N3. The van der Waals surface area contributed by atoms with E-state index in [1.807, 2.05) is 0 Å². The number of H-pyrrole nitrogens is 1. The molecule has 1 atom stereocenters. The smallest absolute Gasteiger partial charge is 0.0456 e. The van der Waals surface area contributed by atoms with Crippen molar-refractivity contribution in [1.82, 2.24) is 10.3 Å². The van der Waals surface area contributed by atoms with Crippen LogP contribution in [0.2, 0.25) is 0 Å². The molecule has 0 aliphatic rings. The zero-order valence-electron chi connectivity index (χ0n) is 14.1. The van der Waals surface area contributed by atoms with Crippen molar-refractivity contribution in [3.05, 3.63) is 65.9 Å². The van der Waals surface area contributed by atoms with Gasteiger partial charge in [-0.2, -0.15) is 0 Å². The molecule has 23 heavy (non-hydrogen) atoms. The Kier molecular flexibility index (Phi) is 4.68. The predicted octanol–water partition coefficient (Wildman–Crippen LogP) is 3.95. The molecule has 2 N–H and O–H groups in total. The molecule has 0 amide bonds. The zero-order chi connectivity index (χ0) is 16.2. The van der Waals surface area contributed by atoms with E-state index in [4.69, 9.17) is 0 Å². The number of fused-ring (bicyclic) bond motifs is 1. The first-order valence-electron chi connectivity index (χ1n) is 8.18. The summed E-state index contributed by atoms with van der Waals surface area (Å²) in [5.41, 5.74) is 5.15. The molecule has 0 spiro atoms. The highest BCUT2D eigenvalue weighted by Gasteiger charge is 2.08. The van der Waals surface area contributed by atoms with E-state index in [-0.39, 0.29) is 0 Å². The molecule has 3 heteroatoms. The van der Waals surface area contributed by atoms with Gasteiger partial charge in [0.2, 0.25) is 0 Å². The van der Waals surface area contributed by atoms with Gasteiger partial charge in [0.05, 0.1) is 0 Å². The fraction of sp³-hybridized carbons (Fsp3) is 0.300. The molecule has 1 aromatic heterocycles. The topological polar surface area (TPSA) is 31.1 Å². The Labute approximate surface area is 138 Å². The number of hydrogen-bond donors (Lipinski definition) is 2. The fourth-order valence-corrected chi connectivity index (χ4v) is 2.91. The Morgan fingerprint density at radius 2 is 1.78 bits per heavy atom. The Morgan fingerprint density at radius 1 is 1.04 bits per heavy atom. The summed E-state index contributed by atoms with van der Waals surface area (Å²) in [6.45, 7) is 3.15. The largest absolute Gasteiger partial charge is 0.378 e. The first kappa shape index (κ1) is 15.6. The van der Waals surface area contributed by atoms with Crippen molar-refractivity contribution in [3.8, 4) is 0 Å². The molecule has 0 bridgehead atoms. The minimum Gasteiger partial charge on any atom is -0.378 e. The number of aromatic amines is 1. The van der Waals surface area contributed by atoms with Crippen LogP contribution in [-0.4, -0.2) is 25.1 Å². The molecule has 3 rings (SSSR count). The highest BCUT2D eigenvalue weighted by Crippen LogP contribution is 2.19. The first-order valence-corrected chi connectivity index (χ1v) is 8.18. The average Bonchev–Trinajstić information content (AvgIpc) is 2.96. The second kappa shape index (κ2) is 6.88. The van der Waals surface area contributed by atoms with E-state index in [0.717, 1.165) is 13.0 Å². The van der Waals surface area contributed by atoms with Crippen LogP contribution in [0.1, 0.15) is 18.1 Å². The molecule has 0 aliphatic heterocycles. The summed E-state index contributed by atoms with van der Waals surface area (Å²) in [5.74, 6) is 0. The molecule has 3 nitrogen and oxygen atoms in total. The van der Waals surface area contributed by atoms with Crippen LogP contribution in [0.25, 0.3) is 10.9 Å². The molecule has 120 valence electrons. The summed E-state index contributed by atoms with van der Waals surface area (Å²) < 4.78 is 0. The summed E-state index contributed by atoms with van der Waals surface area (Å²) >= 11 is 0. The summed E-state index contributed by atoms with van der Waals surface area (Å²) in [4.78, 5) is 5.47. The lowest BCUT2D eigenvalue weighted by Crippen LogP contribution is -2.27. The normalized spacial score (nSPS) is 12.5. The number of benzene rings is 2. The molecule has 0 aliphatic carbocycles. The number of aromatic nitrogens is 1. The van der Waals surface area contributed by atoms with Crippen molar-refractivity contribution in [1.29, 1.82) is 0 Å². The van der Waals surface area contributed by atoms with Crippen LogP contribution < -0.4 is 10.2 Å². The Balaban J connectivity index is 1.58. The number of hydrogen-bond acceptors (Lipinski definition) is 2. The van der Waals surface area contributed by atoms with Gasteiger partial charge < -0.3 is 15.2 Å². The van der Waals surface area contributed by atoms with E-state index in [1.165, 1.54) is 27.7 Å². The second-order valence-electron chi connectivity index (χ2n) is 6.41.